The molecular weight excluding hydrogens is 225 g/mol. The van der Waals surface area contributed by atoms with Crippen molar-refractivity contribution in [3.8, 4) is 5.75 Å². The molecule has 0 bridgehead atoms. The van der Waals surface area contributed by atoms with Gasteiger partial charge >= 0.3 is 12.6 Å². The maximum atomic E-state index is 12.9. The molecule has 16 heavy (non-hydrogen) atoms. The number of carboxylic acid groups (broad SMARTS) is 1. The van der Waals surface area contributed by atoms with Crippen LogP contribution >= 0.6 is 0 Å². The number of hydrogen-bond donors (Lipinski definition) is 1. The number of aliphatic carboxylic acids is 1. The van der Waals surface area contributed by atoms with Crippen molar-refractivity contribution in [3.63, 3.8) is 0 Å². The summed E-state index contributed by atoms with van der Waals surface area (Å²) in [6.07, 6.45) is 1.94. The molecule has 0 saturated carbocycles. The van der Waals surface area contributed by atoms with Crippen LogP contribution in [-0.2, 0) is 4.79 Å². The lowest BCUT2D eigenvalue weighted by Crippen LogP contribution is -2.03. The number of alkyl halides is 2. The summed E-state index contributed by atoms with van der Waals surface area (Å²) >= 11 is 0. The Morgan fingerprint density at radius 1 is 1.44 bits per heavy atom. The van der Waals surface area contributed by atoms with Crippen LogP contribution in [0.15, 0.2) is 24.3 Å². The van der Waals surface area contributed by atoms with Crippen LogP contribution in [0, 0.1) is 5.82 Å². The summed E-state index contributed by atoms with van der Waals surface area (Å²) in [5, 5.41) is 8.33. The van der Waals surface area contributed by atoms with Crippen LogP contribution in [0.2, 0.25) is 0 Å². The molecule has 0 heterocycles. The topological polar surface area (TPSA) is 46.5 Å². The normalized spacial score (nSPS) is 11.0. The zero-order valence-corrected chi connectivity index (χ0v) is 7.86. The highest BCUT2D eigenvalue weighted by atomic mass is 19.3. The van der Waals surface area contributed by atoms with E-state index in [1.807, 2.05) is 0 Å². The fourth-order valence-corrected chi connectivity index (χ4v) is 0.977. The van der Waals surface area contributed by atoms with Gasteiger partial charge in [-0.25, -0.2) is 9.18 Å². The van der Waals surface area contributed by atoms with E-state index in [1.165, 1.54) is 6.07 Å². The second kappa shape index (κ2) is 5.20. The summed E-state index contributed by atoms with van der Waals surface area (Å²) in [5.41, 5.74) is 0.249. The number of carboxylic acids is 1. The van der Waals surface area contributed by atoms with E-state index in [2.05, 4.69) is 4.74 Å². The third-order valence-corrected chi connectivity index (χ3v) is 1.59. The highest BCUT2D eigenvalue weighted by Crippen LogP contribution is 2.21. The smallest absolute Gasteiger partial charge is 0.387 e. The van der Waals surface area contributed by atoms with Crippen LogP contribution in [0.1, 0.15) is 5.56 Å². The van der Waals surface area contributed by atoms with Crippen LogP contribution in [0.25, 0.3) is 6.08 Å². The Balaban J connectivity index is 2.93. The Hall–Kier alpha value is -1.98. The second-order valence-corrected chi connectivity index (χ2v) is 2.74. The van der Waals surface area contributed by atoms with E-state index in [-0.39, 0.29) is 5.56 Å². The number of benzene rings is 1. The number of carbonyl (C=O) groups is 1. The monoisotopic (exact) mass is 232 g/mol. The van der Waals surface area contributed by atoms with Gasteiger partial charge in [-0.1, -0.05) is 6.07 Å². The summed E-state index contributed by atoms with van der Waals surface area (Å²) < 4.78 is 40.5. The van der Waals surface area contributed by atoms with Crippen molar-refractivity contribution in [2.75, 3.05) is 0 Å². The molecule has 0 unspecified atom stereocenters. The van der Waals surface area contributed by atoms with Crippen molar-refractivity contribution >= 4 is 12.0 Å². The first-order valence-electron chi connectivity index (χ1n) is 4.14. The Bertz CT molecular complexity index is 416. The Labute approximate surface area is 88.8 Å². The van der Waals surface area contributed by atoms with Gasteiger partial charge in [-0.2, -0.15) is 8.78 Å². The maximum absolute atomic E-state index is 12.9. The molecule has 3 nitrogen and oxygen atoms in total. The van der Waals surface area contributed by atoms with E-state index in [4.69, 9.17) is 5.11 Å². The van der Waals surface area contributed by atoms with Crippen molar-refractivity contribution in [1.82, 2.24) is 0 Å². The number of hydrogen-bond acceptors (Lipinski definition) is 2. The van der Waals surface area contributed by atoms with E-state index in [0.717, 1.165) is 24.3 Å². The van der Waals surface area contributed by atoms with E-state index in [0.29, 0.717) is 0 Å². The first-order valence-corrected chi connectivity index (χ1v) is 4.14. The quantitative estimate of drug-likeness (QED) is 0.811. The van der Waals surface area contributed by atoms with Crippen LogP contribution < -0.4 is 4.74 Å². The Morgan fingerprint density at radius 2 is 2.12 bits per heavy atom. The molecule has 0 saturated heterocycles. The molecule has 86 valence electrons. The lowest BCUT2D eigenvalue weighted by atomic mass is 10.2. The average Bonchev–Trinajstić information content (AvgIpc) is 2.18. The van der Waals surface area contributed by atoms with Crippen LogP contribution in [-0.4, -0.2) is 17.7 Å². The first kappa shape index (κ1) is 12.1. The third kappa shape index (κ3) is 3.64. The second-order valence-electron chi connectivity index (χ2n) is 2.74. The van der Waals surface area contributed by atoms with Crippen LogP contribution in [0.5, 0.6) is 5.75 Å². The molecule has 1 N–H and O–H groups in total. The van der Waals surface area contributed by atoms with Gasteiger partial charge in [0, 0.05) is 6.08 Å². The minimum atomic E-state index is -3.13. The van der Waals surface area contributed by atoms with Crippen molar-refractivity contribution in [1.29, 1.82) is 0 Å². The van der Waals surface area contributed by atoms with Gasteiger partial charge in [0.15, 0.2) is 11.6 Å². The molecule has 0 spiro atoms. The Kier molecular flexibility index (Phi) is 3.93. The maximum Gasteiger partial charge on any atom is 0.387 e. The zero-order chi connectivity index (χ0) is 12.1. The Morgan fingerprint density at radius 3 is 2.69 bits per heavy atom. The molecule has 1 aromatic rings. The summed E-state index contributed by atoms with van der Waals surface area (Å²) in [6.45, 7) is -3.13. The van der Waals surface area contributed by atoms with Gasteiger partial charge in [-0.3, -0.25) is 0 Å². The largest absolute Gasteiger partial charge is 0.478 e. The van der Waals surface area contributed by atoms with Gasteiger partial charge in [0.2, 0.25) is 0 Å². The predicted octanol–water partition coefficient (Wildman–Crippen LogP) is 2.52. The highest BCUT2D eigenvalue weighted by molar-refractivity contribution is 5.85. The molecule has 0 radical (unpaired) electrons. The van der Waals surface area contributed by atoms with Gasteiger partial charge in [0.25, 0.3) is 0 Å². The van der Waals surface area contributed by atoms with Crippen molar-refractivity contribution in [3.05, 3.63) is 35.7 Å². The van der Waals surface area contributed by atoms with Crippen LogP contribution in [0.3, 0.4) is 0 Å². The molecule has 0 aromatic heterocycles. The van der Waals surface area contributed by atoms with Crippen molar-refractivity contribution < 1.29 is 27.8 Å². The molecule has 0 aliphatic heterocycles. The zero-order valence-electron chi connectivity index (χ0n) is 7.86. The third-order valence-electron chi connectivity index (χ3n) is 1.59. The molecule has 0 amide bonds. The molecule has 1 rings (SSSR count). The van der Waals surface area contributed by atoms with Gasteiger partial charge < -0.3 is 9.84 Å². The summed E-state index contributed by atoms with van der Waals surface area (Å²) in [5.74, 6) is -2.75. The molecule has 0 aliphatic carbocycles. The molecule has 0 atom stereocenters. The minimum absolute atomic E-state index is 0.249. The van der Waals surface area contributed by atoms with E-state index >= 15 is 0 Å². The van der Waals surface area contributed by atoms with Crippen LogP contribution in [0.4, 0.5) is 13.2 Å². The first-order chi connectivity index (χ1) is 7.49. The molecule has 0 aliphatic rings. The number of halogens is 3. The molecule has 6 heteroatoms. The molecule has 1 aromatic carbocycles. The molecule has 0 fully saturated rings. The fourth-order valence-electron chi connectivity index (χ4n) is 0.977. The predicted molar refractivity (Wildman–Crippen MR) is 49.7 cm³/mol. The standard InChI is InChI=1S/C10H7F3O3/c11-7-3-1-6(2-4-9(14)15)5-8(7)16-10(12)13/h1-5,10H,(H,14,15)/b4-2+. The number of ether oxygens (including phenoxy) is 1. The minimum Gasteiger partial charge on any atom is -0.478 e. The summed E-state index contributed by atoms with van der Waals surface area (Å²) in [4.78, 5) is 10.2. The van der Waals surface area contributed by atoms with Gasteiger partial charge in [-0.15, -0.1) is 0 Å². The summed E-state index contributed by atoms with van der Waals surface area (Å²) in [6, 6.07) is 3.15. The van der Waals surface area contributed by atoms with Crippen molar-refractivity contribution in [2.45, 2.75) is 6.61 Å². The van der Waals surface area contributed by atoms with Gasteiger partial charge in [-0.05, 0) is 23.8 Å². The lowest BCUT2D eigenvalue weighted by molar-refractivity contribution is -0.131. The summed E-state index contributed by atoms with van der Waals surface area (Å²) in [7, 11) is 0. The highest BCUT2D eigenvalue weighted by Gasteiger charge is 2.09. The van der Waals surface area contributed by atoms with E-state index in [1.54, 1.807) is 0 Å². The van der Waals surface area contributed by atoms with Gasteiger partial charge in [0.1, 0.15) is 0 Å². The average molecular weight is 232 g/mol. The van der Waals surface area contributed by atoms with Crippen molar-refractivity contribution in [2.24, 2.45) is 0 Å². The lowest BCUT2D eigenvalue weighted by Gasteiger charge is -2.05. The van der Waals surface area contributed by atoms with E-state index < -0.39 is 24.1 Å². The number of rotatable bonds is 4. The van der Waals surface area contributed by atoms with E-state index in [9.17, 15) is 18.0 Å². The van der Waals surface area contributed by atoms with Gasteiger partial charge in [0.05, 0.1) is 0 Å². The molecular formula is C10H7F3O3. The SMILES string of the molecule is O=C(O)/C=C/c1ccc(F)c(OC(F)F)c1. The fraction of sp³-hybridized carbons (Fsp3) is 0.100.